The topological polar surface area (TPSA) is 29.1 Å². The van der Waals surface area contributed by atoms with E-state index in [1.165, 1.54) is 19.3 Å². The molecule has 1 N–H and O–H groups in total. The van der Waals surface area contributed by atoms with Crippen LogP contribution in [0.25, 0.3) is 0 Å². The molecule has 1 saturated carbocycles. The van der Waals surface area contributed by atoms with Crippen LogP contribution in [-0.4, -0.2) is 17.8 Å². The van der Waals surface area contributed by atoms with Crippen molar-refractivity contribution < 1.29 is 4.79 Å². The number of carbonyl (C=O) groups is 1. The summed E-state index contributed by atoms with van der Waals surface area (Å²) in [5.41, 5.74) is 0.446. The van der Waals surface area contributed by atoms with Crippen molar-refractivity contribution in [2.24, 2.45) is 11.3 Å². The largest absolute Gasteiger partial charge is 0.352 e. The first kappa shape index (κ1) is 13.8. The van der Waals surface area contributed by atoms with Crippen LogP contribution in [0.15, 0.2) is 0 Å². The van der Waals surface area contributed by atoms with Crippen molar-refractivity contribution in [2.45, 2.75) is 58.9 Å². The Morgan fingerprint density at radius 3 is 2.31 bits per heavy atom. The predicted octanol–water partition coefficient (Wildman–Crippen LogP) is 3.34. The molecule has 1 fully saturated rings. The van der Waals surface area contributed by atoms with Gasteiger partial charge in [-0.3, -0.25) is 4.79 Å². The number of hydrogen-bond acceptors (Lipinski definition) is 1. The standard InChI is InChI=1S/C13H24ClNO/c1-4-13(2,3)10-5-7-11(8-6-10)15-12(16)9-14/h10-11H,4-9H2,1-3H3,(H,15,16). The molecule has 1 amide bonds. The van der Waals surface area contributed by atoms with Gasteiger partial charge >= 0.3 is 0 Å². The van der Waals surface area contributed by atoms with Gasteiger partial charge in [0.15, 0.2) is 0 Å². The van der Waals surface area contributed by atoms with E-state index in [4.69, 9.17) is 11.6 Å². The number of amides is 1. The molecule has 0 heterocycles. The first-order valence-corrected chi connectivity index (χ1v) is 6.88. The van der Waals surface area contributed by atoms with Crippen molar-refractivity contribution in [2.75, 3.05) is 5.88 Å². The monoisotopic (exact) mass is 245 g/mol. The summed E-state index contributed by atoms with van der Waals surface area (Å²) in [5, 5.41) is 2.99. The molecule has 94 valence electrons. The minimum absolute atomic E-state index is 0.0279. The average molecular weight is 246 g/mol. The van der Waals surface area contributed by atoms with E-state index in [2.05, 4.69) is 26.1 Å². The molecule has 0 bridgehead atoms. The third-order valence-corrected chi connectivity index (χ3v) is 4.47. The normalized spacial score (nSPS) is 26.5. The van der Waals surface area contributed by atoms with Gasteiger partial charge in [0.25, 0.3) is 0 Å². The van der Waals surface area contributed by atoms with Crippen molar-refractivity contribution in [3.63, 3.8) is 0 Å². The highest BCUT2D eigenvalue weighted by molar-refractivity contribution is 6.27. The quantitative estimate of drug-likeness (QED) is 0.757. The van der Waals surface area contributed by atoms with Crippen LogP contribution in [0.1, 0.15) is 52.9 Å². The molecule has 0 aliphatic heterocycles. The Kier molecular flexibility index (Phi) is 5.10. The molecule has 0 unspecified atom stereocenters. The fourth-order valence-corrected chi connectivity index (χ4v) is 2.65. The zero-order valence-electron chi connectivity index (χ0n) is 10.7. The van der Waals surface area contributed by atoms with Gasteiger partial charge in [0.1, 0.15) is 5.88 Å². The Hall–Kier alpha value is -0.240. The van der Waals surface area contributed by atoms with E-state index in [0.717, 1.165) is 18.8 Å². The number of halogens is 1. The molecule has 3 heteroatoms. The number of carbonyl (C=O) groups excluding carboxylic acids is 1. The highest BCUT2D eigenvalue weighted by atomic mass is 35.5. The molecule has 16 heavy (non-hydrogen) atoms. The Labute approximate surface area is 104 Å². The fourth-order valence-electron chi connectivity index (χ4n) is 2.57. The maximum absolute atomic E-state index is 11.2. The van der Waals surface area contributed by atoms with Gasteiger partial charge in [0.2, 0.25) is 5.91 Å². The highest BCUT2D eigenvalue weighted by Crippen LogP contribution is 2.40. The van der Waals surface area contributed by atoms with Crippen LogP contribution in [0.2, 0.25) is 0 Å². The van der Waals surface area contributed by atoms with Crippen LogP contribution in [0.3, 0.4) is 0 Å². The summed E-state index contributed by atoms with van der Waals surface area (Å²) in [6.45, 7) is 6.98. The van der Waals surface area contributed by atoms with Crippen molar-refractivity contribution in [3.05, 3.63) is 0 Å². The van der Waals surface area contributed by atoms with Gasteiger partial charge in [-0.15, -0.1) is 11.6 Å². The molecule has 0 radical (unpaired) electrons. The van der Waals surface area contributed by atoms with Crippen LogP contribution >= 0.6 is 11.6 Å². The molecule has 0 spiro atoms. The zero-order valence-corrected chi connectivity index (χ0v) is 11.4. The SMILES string of the molecule is CCC(C)(C)C1CCC(NC(=O)CCl)CC1. The van der Waals surface area contributed by atoms with E-state index in [1.807, 2.05) is 0 Å². The third-order valence-electron chi connectivity index (χ3n) is 4.23. The van der Waals surface area contributed by atoms with E-state index in [0.29, 0.717) is 11.5 Å². The third kappa shape index (κ3) is 3.65. The first-order valence-electron chi connectivity index (χ1n) is 6.35. The van der Waals surface area contributed by atoms with Crippen LogP contribution in [0.4, 0.5) is 0 Å². The van der Waals surface area contributed by atoms with Crippen LogP contribution < -0.4 is 5.32 Å². The summed E-state index contributed by atoms with van der Waals surface area (Å²) in [7, 11) is 0. The molecule has 1 aliphatic rings. The van der Waals surface area contributed by atoms with E-state index < -0.39 is 0 Å². The van der Waals surface area contributed by atoms with Crippen molar-refractivity contribution >= 4 is 17.5 Å². The first-order chi connectivity index (χ1) is 7.49. The van der Waals surface area contributed by atoms with E-state index >= 15 is 0 Å². The van der Waals surface area contributed by atoms with E-state index in [1.54, 1.807) is 0 Å². The molecule has 1 rings (SSSR count). The predicted molar refractivity (Wildman–Crippen MR) is 68.7 cm³/mol. The van der Waals surface area contributed by atoms with Gasteiger partial charge in [-0.25, -0.2) is 0 Å². The van der Waals surface area contributed by atoms with Crippen LogP contribution in [0.5, 0.6) is 0 Å². The molecule has 0 aromatic rings. The highest BCUT2D eigenvalue weighted by Gasteiger charge is 2.31. The van der Waals surface area contributed by atoms with Gasteiger partial charge in [-0.2, -0.15) is 0 Å². The van der Waals surface area contributed by atoms with Crippen molar-refractivity contribution in [1.82, 2.24) is 5.32 Å². The Morgan fingerprint density at radius 1 is 1.31 bits per heavy atom. The minimum atomic E-state index is -0.0279. The van der Waals surface area contributed by atoms with Gasteiger partial charge in [-0.05, 0) is 37.0 Å². The maximum atomic E-state index is 11.2. The second kappa shape index (κ2) is 5.90. The summed E-state index contributed by atoms with van der Waals surface area (Å²) in [6, 6.07) is 0.357. The lowest BCUT2D eigenvalue weighted by Gasteiger charge is -2.39. The lowest BCUT2D eigenvalue weighted by atomic mass is 9.69. The molecular weight excluding hydrogens is 222 g/mol. The van der Waals surface area contributed by atoms with E-state index in [-0.39, 0.29) is 11.8 Å². The summed E-state index contributed by atoms with van der Waals surface area (Å²) in [4.78, 5) is 11.2. The second-order valence-electron chi connectivity index (χ2n) is 5.59. The van der Waals surface area contributed by atoms with Gasteiger partial charge < -0.3 is 5.32 Å². The van der Waals surface area contributed by atoms with Crippen molar-refractivity contribution in [1.29, 1.82) is 0 Å². The van der Waals surface area contributed by atoms with Gasteiger partial charge in [0.05, 0.1) is 0 Å². The maximum Gasteiger partial charge on any atom is 0.235 e. The number of alkyl halides is 1. The van der Waals surface area contributed by atoms with Crippen LogP contribution in [0, 0.1) is 11.3 Å². The molecule has 2 nitrogen and oxygen atoms in total. The number of hydrogen-bond donors (Lipinski definition) is 1. The number of rotatable bonds is 4. The molecular formula is C13H24ClNO. The zero-order chi connectivity index (χ0) is 12.2. The van der Waals surface area contributed by atoms with Crippen LogP contribution in [-0.2, 0) is 4.79 Å². The number of nitrogens with one attached hydrogen (secondary N) is 1. The minimum Gasteiger partial charge on any atom is -0.352 e. The molecule has 0 aromatic heterocycles. The summed E-state index contributed by atoms with van der Waals surface area (Å²) in [6.07, 6.45) is 5.91. The smallest absolute Gasteiger partial charge is 0.235 e. The van der Waals surface area contributed by atoms with E-state index in [9.17, 15) is 4.79 Å². The van der Waals surface area contributed by atoms with Crippen molar-refractivity contribution in [3.8, 4) is 0 Å². The summed E-state index contributed by atoms with van der Waals surface area (Å²) >= 11 is 5.48. The molecule has 0 saturated heterocycles. The summed E-state index contributed by atoms with van der Waals surface area (Å²) < 4.78 is 0. The lowest BCUT2D eigenvalue weighted by molar-refractivity contribution is -0.119. The van der Waals surface area contributed by atoms with Gasteiger partial charge in [0, 0.05) is 6.04 Å². The average Bonchev–Trinajstić information content (AvgIpc) is 2.29. The van der Waals surface area contributed by atoms with Gasteiger partial charge in [-0.1, -0.05) is 27.2 Å². The molecule has 1 aliphatic carbocycles. The summed E-state index contributed by atoms with van der Waals surface area (Å²) in [5.74, 6) is 0.863. The fraction of sp³-hybridized carbons (Fsp3) is 0.923. The second-order valence-corrected chi connectivity index (χ2v) is 5.86. The lowest BCUT2D eigenvalue weighted by Crippen LogP contribution is -2.40. The Morgan fingerprint density at radius 2 is 1.88 bits per heavy atom. The molecule has 0 aromatic carbocycles. The Bertz CT molecular complexity index is 232. The Balaban J connectivity index is 2.37. The molecule has 0 atom stereocenters.